The average Bonchev–Trinajstić information content (AvgIpc) is 2.65. The summed E-state index contributed by atoms with van der Waals surface area (Å²) in [4.78, 5) is 0. The van der Waals surface area contributed by atoms with Crippen molar-refractivity contribution in [2.45, 2.75) is 25.3 Å². The molecule has 10 heavy (non-hydrogen) atoms. The number of hydrogen-bond acceptors (Lipinski definition) is 2. The smallest absolute Gasteiger partial charge is 0.0108 e. The fraction of sp³-hybridized carbons (Fsp3) is 1.00. The Hall–Kier alpha value is -0.0800. The minimum Gasteiger partial charge on any atom is -0.327 e. The van der Waals surface area contributed by atoms with Gasteiger partial charge in [0.05, 0.1) is 0 Å². The molecule has 2 atom stereocenters. The van der Waals surface area contributed by atoms with Gasteiger partial charge < -0.3 is 11.1 Å². The van der Waals surface area contributed by atoms with E-state index in [0.717, 1.165) is 18.4 Å². The van der Waals surface area contributed by atoms with Gasteiger partial charge >= 0.3 is 0 Å². The molecule has 1 aliphatic heterocycles. The molecule has 2 aliphatic rings. The highest BCUT2D eigenvalue weighted by Gasteiger charge is 2.34. The van der Waals surface area contributed by atoms with E-state index >= 15 is 0 Å². The molecule has 0 spiro atoms. The Morgan fingerprint density at radius 1 is 1.20 bits per heavy atom. The third kappa shape index (κ3) is 1.18. The maximum Gasteiger partial charge on any atom is 0.0108 e. The molecule has 0 aromatic heterocycles. The quantitative estimate of drug-likeness (QED) is 0.580. The first-order valence-corrected chi connectivity index (χ1v) is 4.34. The molecule has 2 rings (SSSR count). The summed E-state index contributed by atoms with van der Waals surface area (Å²) < 4.78 is 0. The molecular formula is C8H16N2. The van der Waals surface area contributed by atoms with Gasteiger partial charge in [0.2, 0.25) is 0 Å². The third-order valence-electron chi connectivity index (χ3n) is 2.81. The Labute approximate surface area is 62.2 Å². The van der Waals surface area contributed by atoms with Crippen molar-refractivity contribution < 1.29 is 0 Å². The Morgan fingerprint density at radius 2 is 2.00 bits per heavy atom. The van der Waals surface area contributed by atoms with Crippen LogP contribution in [0.2, 0.25) is 0 Å². The van der Waals surface area contributed by atoms with Crippen molar-refractivity contribution in [3.8, 4) is 0 Å². The largest absolute Gasteiger partial charge is 0.327 e. The highest BCUT2D eigenvalue weighted by atomic mass is 14.9. The Kier molecular flexibility index (Phi) is 1.66. The summed E-state index contributed by atoms with van der Waals surface area (Å²) >= 11 is 0. The topological polar surface area (TPSA) is 38.0 Å². The molecule has 0 aromatic carbocycles. The molecule has 0 amide bonds. The fourth-order valence-electron chi connectivity index (χ4n) is 1.87. The highest BCUT2D eigenvalue weighted by Crippen LogP contribution is 2.35. The van der Waals surface area contributed by atoms with Crippen LogP contribution >= 0.6 is 0 Å². The zero-order valence-corrected chi connectivity index (χ0v) is 6.34. The van der Waals surface area contributed by atoms with E-state index in [2.05, 4.69) is 5.32 Å². The molecule has 0 radical (unpaired) electrons. The van der Waals surface area contributed by atoms with Gasteiger partial charge in [0.15, 0.2) is 0 Å². The van der Waals surface area contributed by atoms with Gasteiger partial charge in [-0.3, -0.25) is 0 Å². The van der Waals surface area contributed by atoms with E-state index in [4.69, 9.17) is 5.73 Å². The van der Waals surface area contributed by atoms with Crippen LogP contribution in [0.15, 0.2) is 0 Å². The van der Waals surface area contributed by atoms with Gasteiger partial charge in [0.25, 0.3) is 0 Å². The second-order valence-corrected chi connectivity index (χ2v) is 3.67. The molecule has 58 valence electrons. The first-order chi connectivity index (χ1) is 4.88. The van der Waals surface area contributed by atoms with E-state index in [9.17, 15) is 0 Å². The summed E-state index contributed by atoms with van der Waals surface area (Å²) in [6.07, 6.45) is 4.08. The second kappa shape index (κ2) is 2.51. The molecule has 0 bridgehead atoms. The van der Waals surface area contributed by atoms with Crippen LogP contribution in [0.25, 0.3) is 0 Å². The summed E-state index contributed by atoms with van der Waals surface area (Å²) in [6.45, 7) is 2.35. The predicted octanol–water partition coefficient (Wildman–Crippen LogP) is 0.333. The summed E-state index contributed by atoms with van der Waals surface area (Å²) in [5, 5.41) is 3.36. The fourth-order valence-corrected chi connectivity index (χ4v) is 1.87. The second-order valence-electron chi connectivity index (χ2n) is 3.67. The van der Waals surface area contributed by atoms with Crippen LogP contribution in [-0.2, 0) is 0 Å². The lowest BCUT2D eigenvalue weighted by Gasteiger charge is -2.16. The Morgan fingerprint density at radius 3 is 2.50 bits per heavy atom. The van der Waals surface area contributed by atoms with Crippen molar-refractivity contribution in [1.82, 2.24) is 5.32 Å². The van der Waals surface area contributed by atoms with Crippen LogP contribution in [0.4, 0.5) is 0 Å². The molecule has 2 fully saturated rings. The van der Waals surface area contributed by atoms with Crippen molar-refractivity contribution in [2.75, 3.05) is 13.1 Å². The molecule has 1 heterocycles. The lowest BCUT2D eigenvalue weighted by atomic mass is 9.96. The summed E-state index contributed by atoms with van der Waals surface area (Å²) in [6, 6.07) is 0.509. The molecule has 2 unspecified atom stereocenters. The van der Waals surface area contributed by atoms with E-state index in [1.807, 2.05) is 0 Å². The lowest BCUT2D eigenvalue weighted by molar-refractivity contribution is 0.414. The molecular weight excluding hydrogens is 124 g/mol. The predicted molar refractivity (Wildman–Crippen MR) is 41.7 cm³/mol. The zero-order valence-electron chi connectivity index (χ0n) is 6.34. The molecule has 1 aliphatic carbocycles. The lowest BCUT2D eigenvalue weighted by Crippen LogP contribution is -2.33. The van der Waals surface area contributed by atoms with E-state index in [-0.39, 0.29) is 0 Å². The number of nitrogens with one attached hydrogen (secondary N) is 1. The van der Waals surface area contributed by atoms with E-state index in [1.165, 1.54) is 25.8 Å². The van der Waals surface area contributed by atoms with Crippen LogP contribution in [0.3, 0.4) is 0 Å². The van der Waals surface area contributed by atoms with Gasteiger partial charge in [-0.05, 0) is 44.2 Å². The van der Waals surface area contributed by atoms with Gasteiger partial charge in [0, 0.05) is 6.04 Å². The number of hydrogen-bond donors (Lipinski definition) is 2. The van der Waals surface area contributed by atoms with Crippen LogP contribution in [-0.4, -0.2) is 19.1 Å². The third-order valence-corrected chi connectivity index (χ3v) is 2.81. The maximum absolute atomic E-state index is 6.04. The maximum atomic E-state index is 6.04. The normalized spacial score (nSPS) is 36.3. The van der Waals surface area contributed by atoms with E-state index < -0.39 is 0 Å². The van der Waals surface area contributed by atoms with Crippen molar-refractivity contribution in [2.24, 2.45) is 17.6 Å². The van der Waals surface area contributed by atoms with Crippen LogP contribution in [0.5, 0.6) is 0 Å². The molecule has 2 heteroatoms. The monoisotopic (exact) mass is 140 g/mol. The van der Waals surface area contributed by atoms with E-state index in [0.29, 0.717) is 6.04 Å². The van der Waals surface area contributed by atoms with Crippen molar-refractivity contribution in [1.29, 1.82) is 0 Å². The van der Waals surface area contributed by atoms with Crippen molar-refractivity contribution in [3.63, 3.8) is 0 Å². The van der Waals surface area contributed by atoms with Gasteiger partial charge in [0.1, 0.15) is 0 Å². The molecule has 0 aromatic rings. The summed E-state index contributed by atoms with van der Waals surface area (Å²) in [5.41, 5.74) is 6.04. The minimum absolute atomic E-state index is 0.509. The minimum atomic E-state index is 0.509. The van der Waals surface area contributed by atoms with Crippen LogP contribution in [0, 0.1) is 11.8 Å². The molecule has 1 saturated carbocycles. The van der Waals surface area contributed by atoms with Crippen molar-refractivity contribution >= 4 is 0 Å². The first kappa shape index (κ1) is 6.62. The number of rotatable bonds is 2. The first-order valence-electron chi connectivity index (χ1n) is 4.34. The van der Waals surface area contributed by atoms with Gasteiger partial charge in [-0.1, -0.05) is 0 Å². The Bertz CT molecular complexity index is 114. The molecule has 1 saturated heterocycles. The Balaban J connectivity index is 1.84. The van der Waals surface area contributed by atoms with Gasteiger partial charge in [-0.25, -0.2) is 0 Å². The highest BCUT2D eigenvalue weighted by molar-refractivity contribution is 4.91. The van der Waals surface area contributed by atoms with Crippen LogP contribution < -0.4 is 11.1 Å². The molecule has 3 N–H and O–H groups in total. The van der Waals surface area contributed by atoms with Gasteiger partial charge in [-0.15, -0.1) is 0 Å². The summed E-state index contributed by atoms with van der Waals surface area (Å²) in [7, 11) is 0. The average molecular weight is 140 g/mol. The molecule has 2 nitrogen and oxygen atoms in total. The standard InChI is InChI=1S/C8H16N2/c9-8(6-1-2-6)7-3-4-10-5-7/h6-8,10H,1-5,9H2. The summed E-state index contributed by atoms with van der Waals surface area (Å²) in [5.74, 6) is 1.66. The van der Waals surface area contributed by atoms with Crippen LogP contribution in [0.1, 0.15) is 19.3 Å². The van der Waals surface area contributed by atoms with Crippen molar-refractivity contribution in [3.05, 3.63) is 0 Å². The number of nitrogens with two attached hydrogens (primary N) is 1. The SMILES string of the molecule is NC(C1CC1)C1CCNC1. The zero-order chi connectivity index (χ0) is 6.97. The van der Waals surface area contributed by atoms with E-state index in [1.54, 1.807) is 0 Å². The van der Waals surface area contributed by atoms with Gasteiger partial charge in [-0.2, -0.15) is 0 Å².